The molecule has 4 amide bonds. The van der Waals surface area contributed by atoms with Gasteiger partial charge in [0.2, 0.25) is 23.6 Å². The summed E-state index contributed by atoms with van der Waals surface area (Å²) in [7, 11) is 3.16. The number of fused-ring (bicyclic) bond motifs is 2. The number of hydrogen-bond donors (Lipinski definition) is 5. The van der Waals surface area contributed by atoms with E-state index in [1.165, 1.54) is 0 Å². The number of Topliss-reactive ketones (excluding diaryl/α,β-unsaturated/α-hetero) is 2. The third-order valence-corrected chi connectivity index (χ3v) is 13.7. The number of rotatable bonds is 16. The van der Waals surface area contributed by atoms with Gasteiger partial charge in [0.05, 0.1) is 43.8 Å². The van der Waals surface area contributed by atoms with Gasteiger partial charge >= 0.3 is 0 Å². The van der Waals surface area contributed by atoms with E-state index in [1.54, 1.807) is 36.2 Å². The van der Waals surface area contributed by atoms with Crippen LogP contribution in [0.2, 0.25) is 0 Å². The van der Waals surface area contributed by atoms with Gasteiger partial charge in [-0.1, -0.05) is 26.0 Å². The first kappa shape index (κ1) is 47.4. The maximum absolute atomic E-state index is 13.5. The van der Waals surface area contributed by atoms with Crippen LogP contribution in [0, 0.1) is 46.8 Å². The standard InChI is InChI=1S/C25H31N5O4.C24H29N3O5/c1-14-8-16(10-22(31)20-11-17-19(29-20)4-3-5-23(17)34-2)25(33)30(13-14)21(18(27)12-26)9-15-6-7-28-24(15)32;1-14-8-16(10-21(29)20-11-18-19(26-20)4-3-5-22(18)32-2)24(31)27(12-14)17(13-28)9-15-6-7-25-23(15)30/h3-5,11,14-16,18,21,29H,6-10,13,27H2,1-2H3,(H,28,32);3-5,11,13-17,26H,6-10,12H2,1-2H3,(H,25,30)/t14?,15-,16+,18?,21-;14?,15-,16+,17-/m00/s1. The first-order valence-electron chi connectivity index (χ1n) is 22.9. The lowest BCUT2D eigenvalue weighted by Gasteiger charge is -2.42. The number of aromatic amines is 2. The summed E-state index contributed by atoms with van der Waals surface area (Å²) in [5.74, 6) is -0.629. The number of aldehydes is 1. The molecule has 2 aromatic carbocycles. The fourth-order valence-electron chi connectivity index (χ4n) is 10.3. The second-order valence-corrected chi connectivity index (χ2v) is 18.5. The molecule has 0 aliphatic carbocycles. The minimum absolute atomic E-state index is 0.0599. The molecule has 6 heterocycles. The third-order valence-electron chi connectivity index (χ3n) is 13.7. The second-order valence-electron chi connectivity index (χ2n) is 18.5. The SMILES string of the molecule is COc1cccc2[nH]c(C(=O)C[C@H]3CC(C)CN([C@@H](C[C@@H]4CCNC4=O)C(N)C#N)C3=O)cc12.COc1cccc2[nH]c(C(=O)C[C@H]3CC(C)CN([C@H](C=O)C[C@@H]4CCNC4=O)C3=O)cc12. The molecule has 66 heavy (non-hydrogen) atoms. The summed E-state index contributed by atoms with van der Waals surface area (Å²) >= 11 is 0. The van der Waals surface area contributed by atoms with Gasteiger partial charge in [0.25, 0.3) is 0 Å². The van der Waals surface area contributed by atoms with Crippen LogP contribution in [0.1, 0.15) is 86.2 Å². The molecule has 0 bridgehead atoms. The molecule has 4 fully saturated rings. The summed E-state index contributed by atoms with van der Waals surface area (Å²) in [6, 6.07) is 14.6. The van der Waals surface area contributed by atoms with Crippen molar-refractivity contribution in [1.82, 2.24) is 30.4 Å². The minimum atomic E-state index is -0.903. The van der Waals surface area contributed by atoms with E-state index in [0.29, 0.717) is 87.6 Å². The van der Waals surface area contributed by atoms with Crippen molar-refractivity contribution in [2.45, 2.75) is 83.3 Å². The van der Waals surface area contributed by atoms with E-state index >= 15 is 0 Å². The number of ketones is 2. The van der Waals surface area contributed by atoms with Crippen LogP contribution in [0.5, 0.6) is 11.5 Å². The van der Waals surface area contributed by atoms with Crippen molar-refractivity contribution < 1.29 is 43.0 Å². The Balaban J connectivity index is 0.000000197. The lowest BCUT2D eigenvalue weighted by Crippen LogP contribution is -2.56. The number of hydrogen-bond acceptors (Lipinski definition) is 11. The van der Waals surface area contributed by atoms with Gasteiger partial charge in [-0.2, -0.15) is 5.26 Å². The van der Waals surface area contributed by atoms with Gasteiger partial charge in [-0.3, -0.25) is 28.8 Å². The first-order chi connectivity index (χ1) is 31.7. The molecule has 0 spiro atoms. The van der Waals surface area contributed by atoms with Crippen LogP contribution >= 0.6 is 0 Å². The number of carbonyl (C=O) groups is 7. The highest BCUT2D eigenvalue weighted by Crippen LogP contribution is 2.34. The average molecular weight is 905 g/mol. The predicted molar refractivity (Wildman–Crippen MR) is 244 cm³/mol. The van der Waals surface area contributed by atoms with E-state index in [9.17, 15) is 38.8 Å². The molecule has 9 atom stereocenters. The highest BCUT2D eigenvalue weighted by Gasteiger charge is 2.42. The molecule has 350 valence electrons. The topological polar surface area (TPSA) is 250 Å². The number of carbonyl (C=O) groups excluding carboxylic acids is 7. The van der Waals surface area contributed by atoms with E-state index in [-0.39, 0.29) is 71.7 Å². The van der Waals surface area contributed by atoms with Crippen molar-refractivity contribution in [3.05, 3.63) is 59.9 Å². The molecular formula is C49H60N8O9. The average Bonchev–Trinajstić information content (AvgIpc) is 4.14. The highest BCUT2D eigenvalue weighted by molar-refractivity contribution is 6.03. The van der Waals surface area contributed by atoms with E-state index in [1.807, 2.05) is 50.2 Å². The summed E-state index contributed by atoms with van der Waals surface area (Å²) in [6.07, 6.45) is 4.10. The van der Waals surface area contributed by atoms with Gasteiger partial charge in [-0.05, 0) is 86.8 Å². The van der Waals surface area contributed by atoms with E-state index in [0.717, 1.165) is 28.1 Å². The van der Waals surface area contributed by atoms with Gasteiger partial charge in [0.1, 0.15) is 23.8 Å². The molecule has 2 aromatic heterocycles. The number of amides is 4. The molecule has 17 nitrogen and oxygen atoms in total. The zero-order valence-corrected chi connectivity index (χ0v) is 38.0. The van der Waals surface area contributed by atoms with Gasteiger partial charge < -0.3 is 50.4 Å². The lowest BCUT2D eigenvalue weighted by atomic mass is 9.83. The van der Waals surface area contributed by atoms with Crippen molar-refractivity contribution >= 4 is 63.3 Å². The van der Waals surface area contributed by atoms with E-state index in [2.05, 4.69) is 26.7 Å². The number of likely N-dealkylation sites (tertiary alicyclic amines) is 2. The number of ether oxygens (including phenoxy) is 2. The van der Waals surface area contributed by atoms with Crippen LogP contribution in [0.3, 0.4) is 0 Å². The van der Waals surface area contributed by atoms with Crippen LogP contribution in [-0.2, 0) is 24.0 Å². The first-order valence-corrected chi connectivity index (χ1v) is 22.9. The quantitative estimate of drug-likeness (QED) is 0.0783. The number of piperidine rings is 2. The molecule has 0 radical (unpaired) electrons. The van der Waals surface area contributed by atoms with Gasteiger partial charge in [-0.15, -0.1) is 0 Å². The Kier molecular flexibility index (Phi) is 14.9. The molecule has 4 aromatic rings. The maximum Gasteiger partial charge on any atom is 0.226 e. The molecule has 4 aliphatic heterocycles. The van der Waals surface area contributed by atoms with Crippen molar-refractivity contribution in [2.24, 2.45) is 41.2 Å². The number of nitrogens with zero attached hydrogens (tertiary/aromatic N) is 3. The zero-order valence-electron chi connectivity index (χ0n) is 38.0. The lowest BCUT2D eigenvalue weighted by molar-refractivity contribution is -0.146. The van der Waals surface area contributed by atoms with Crippen molar-refractivity contribution in [3.8, 4) is 17.6 Å². The molecule has 4 saturated heterocycles. The zero-order chi connectivity index (χ0) is 47.2. The monoisotopic (exact) mass is 904 g/mol. The number of H-pyrrole nitrogens is 2. The Bertz CT molecular complexity index is 2530. The second kappa shape index (κ2) is 20.7. The summed E-state index contributed by atoms with van der Waals surface area (Å²) in [6.45, 7) is 6.17. The Hall–Kier alpha value is -6.54. The van der Waals surface area contributed by atoms with Crippen molar-refractivity contribution in [3.63, 3.8) is 0 Å². The fraction of sp³-hybridized carbons (Fsp3) is 0.510. The number of aromatic nitrogens is 2. The normalized spacial score (nSPS) is 24.5. The summed E-state index contributed by atoms with van der Waals surface area (Å²) in [5.41, 5.74) is 8.59. The molecule has 3 unspecified atom stereocenters. The molecule has 6 N–H and O–H groups in total. The largest absolute Gasteiger partial charge is 0.496 e. The fourth-order valence-corrected chi connectivity index (χ4v) is 10.3. The van der Waals surface area contributed by atoms with Crippen LogP contribution in [0.4, 0.5) is 0 Å². The van der Waals surface area contributed by atoms with Gasteiger partial charge in [0.15, 0.2) is 11.6 Å². The van der Waals surface area contributed by atoms with E-state index < -0.39 is 30.0 Å². The molecule has 8 rings (SSSR count). The molecular weight excluding hydrogens is 845 g/mol. The Morgan fingerprint density at radius 2 is 1.23 bits per heavy atom. The Morgan fingerprint density at radius 3 is 1.67 bits per heavy atom. The number of nitrogens with two attached hydrogens (primary N) is 1. The molecule has 0 saturated carbocycles. The summed E-state index contributed by atoms with van der Waals surface area (Å²) < 4.78 is 10.7. The molecule has 4 aliphatic rings. The summed E-state index contributed by atoms with van der Waals surface area (Å²) in [4.78, 5) is 98.4. The van der Waals surface area contributed by atoms with Gasteiger partial charge in [0, 0.05) is 84.5 Å². The number of benzene rings is 2. The Morgan fingerprint density at radius 1 is 0.758 bits per heavy atom. The smallest absolute Gasteiger partial charge is 0.226 e. The number of methoxy groups -OCH3 is 2. The minimum Gasteiger partial charge on any atom is -0.496 e. The van der Waals surface area contributed by atoms with Crippen LogP contribution < -0.4 is 25.8 Å². The van der Waals surface area contributed by atoms with Gasteiger partial charge in [-0.25, -0.2) is 0 Å². The van der Waals surface area contributed by atoms with Crippen molar-refractivity contribution in [2.75, 3.05) is 40.4 Å². The number of nitriles is 1. The van der Waals surface area contributed by atoms with Crippen molar-refractivity contribution in [1.29, 1.82) is 5.26 Å². The van der Waals surface area contributed by atoms with E-state index in [4.69, 9.17) is 15.2 Å². The predicted octanol–water partition coefficient (Wildman–Crippen LogP) is 4.31. The van der Waals surface area contributed by atoms with Crippen LogP contribution in [0.25, 0.3) is 21.8 Å². The summed E-state index contributed by atoms with van der Waals surface area (Å²) in [5, 5.41) is 16.7. The highest BCUT2D eigenvalue weighted by atomic mass is 16.5. The Labute approximate surface area is 383 Å². The van der Waals surface area contributed by atoms with Crippen LogP contribution in [-0.4, -0.2) is 120 Å². The number of nitrogens with one attached hydrogen (secondary N) is 4. The van der Waals surface area contributed by atoms with Crippen LogP contribution in [0.15, 0.2) is 48.5 Å². The maximum atomic E-state index is 13.5. The third kappa shape index (κ3) is 10.3. The molecule has 17 heteroatoms.